The van der Waals surface area contributed by atoms with Crippen molar-refractivity contribution in [2.75, 3.05) is 19.0 Å². The number of rotatable bonds is 2. The fourth-order valence-electron chi connectivity index (χ4n) is 2.04. The lowest BCUT2D eigenvalue weighted by Gasteiger charge is -2.07. The third-order valence-corrected chi connectivity index (χ3v) is 3.33. The summed E-state index contributed by atoms with van der Waals surface area (Å²) in [5, 5.41) is 5.69. The number of hydrogen-bond donors (Lipinski definition) is 0. The molecule has 0 saturated carbocycles. The Bertz CT molecular complexity index is 719. The summed E-state index contributed by atoms with van der Waals surface area (Å²) < 4.78 is 2.83. The predicted octanol–water partition coefficient (Wildman–Crippen LogP) is 3.25. The Morgan fingerprint density at radius 2 is 1.89 bits per heavy atom. The van der Waals surface area contributed by atoms with Crippen molar-refractivity contribution in [3.05, 3.63) is 47.1 Å². The normalized spacial score (nSPS) is 10.9. The zero-order valence-electron chi connectivity index (χ0n) is 10.7. The van der Waals surface area contributed by atoms with Gasteiger partial charge in [-0.2, -0.15) is 0 Å². The summed E-state index contributed by atoms with van der Waals surface area (Å²) in [4.78, 5) is 6.48. The maximum Gasteiger partial charge on any atom is 0.165 e. The average Bonchev–Trinajstić information content (AvgIpc) is 2.78. The van der Waals surface area contributed by atoms with E-state index in [2.05, 4.69) is 26.0 Å². The van der Waals surface area contributed by atoms with Crippen molar-refractivity contribution in [2.24, 2.45) is 0 Å². The van der Waals surface area contributed by atoms with Crippen LogP contribution in [0.25, 0.3) is 16.7 Å². The minimum atomic E-state index is 0.859. The van der Waals surface area contributed by atoms with Gasteiger partial charge in [0.1, 0.15) is 0 Å². The first-order valence-electron chi connectivity index (χ1n) is 5.94. The molecule has 0 bridgehead atoms. The fraction of sp³-hybridized carbons (Fsp3) is 0.143. The van der Waals surface area contributed by atoms with Gasteiger partial charge in [0.25, 0.3) is 0 Å². The molecule has 0 radical (unpaired) electrons. The van der Waals surface area contributed by atoms with Gasteiger partial charge in [0, 0.05) is 24.8 Å². The molecule has 0 aliphatic rings. The molecule has 4 nitrogen and oxygen atoms in total. The number of hydrogen-bond acceptors (Lipinski definition) is 3. The maximum absolute atomic E-state index is 4.66. The molecule has 1 aromatic carbocycles. The average molecular weight is 317 g/mol. The lowest BCUT2D eigenvalue weighted by Crippen LogP contribution is -2.10. The van der Waals surface area contributed by atoms with E-state index in [4.69, 9.17) is 0 Å². The van der Waals surface area contributed by atoms with Crippen molar-refractivity contribution in [3.8, 4) is 5.69 Å². The lowest BCUT2D eigenvalue weighted by molar-refractivity contribution is 0.880. The summed E-state index contributed by atoms with van der Waals surface area (Å²) in [5.74, 6) is 0.910. The van der Waals surface area contributed by atoms with Crippen molar-refractivity contribution in [1.82, 2.24) is 14.8 Å². The number of pyridine rings is 1. The van der Waals surface area contributed by atoms with Crippen molar-refractivity contribution in [1.29, 1.82) is 0 Å². The molecule has 5 heteroatoms. The topological polar surface area (TPSA) is 34.0 Å². The SMILES string of the molecule is CN(C)c1nn(-c2ccccc2)c2ncc(Br)cc12. The van der Waals surface area contributed by atoms with E-state index in [0.29, 0.717) is 0 Å². The number of nitrogens with zero attached hydrogens (tertiary/aromatic N) is 4. The minimum absolute atomic E-state index is 0.859. The smallest absolute Gasteiger partial charge is 0.165 e. The van der Waals surface area contributed by atoms with Crippen molar-refractivity contribution in [3.63, 3.8) is 0 Å². The molecular weight excluding hydrogens is 304 g/mol. The monoisotopic (exact) mass is 316 g/mol. The molecule has 0 amide bonds. The van der Waals surface area contributed by atoms with E-state index in [9.17, 15) is 0 Å². The molecule has 0 unspecified atom stereocenters. The fourth-order valence-corrected chi connectivity index (χ4v) is 2.37. The van der Waals surface area contributed by atoms with Crippen LogP contribution in [0.5, 0.6) is 0 Å². The summed E-state index contributed by atoms with van der Waals surface area (Å²) in [6.45, 7) is 0. The van der Waals surface area contributed by atoms with Gasteiger partial charge in [-0.05, 0) is 34.1 Å². The molecule has 2 heterocycles. The molecule has 0 aliphatic carbocycles. The molecule has 2 aromatic heterocycles. The maximum atomic E-state index is 4.66. The van der Waals surface area contributed by atoms with Gasteiger partial charge in [-0.25, -0.2) is 9.67 Å². The van der Waals surface area contributed by atoms with E-state index in [-0.39, 0.29) is 0 Å². The lowest BCUT2D eigenvalue weighted by atomic mass is 10.3. The van der Waals surface area contributed by atoms with Crippen LogP contribution in [0.4, 0.5) is 5.82 Å². The number of anilines is 1. The number of halogens is 1. The minimum Gasteiger partial charge on any atom is -0.361 e. The van der Waals surface area contributed by atoms with Crippen molar-refractivity contribution >= 4 is 32.8 Å². The summed E-state index contributed by atoms with van der Waals surface area (Å²) in [7, 11) is 3.97. The molecule has 0 saturated heterocycles. The molecule has 3 rings (SSSR count). The molecular formula is C14H13BrN4. The van der Waals surface area contributed by atoms with Crippen LogP contribution < -0.4 is 4.90 Å². The number of benzene rings is 1. The van der Waals surface area contributed by atoms with Crippen LogP contribution in [0.2, 0.25) is 0 Å². The van der Waals surface area contributed by atoms with E-state index in [1.807, 2.05) is 60.1 Å². The van der Waals surface area contributed by atoms with Gasteiger partial charge in [-0.15, -0.1) is 5.10 Å². The van der Waals surface area contributed by atoms with E-state index >= 15 is 0 Å². The molecule has 19 heavy (non-hydrogen) atoms. The van der Waals surface area contributed by atoms with E-state index < -0.39 is 0 Å². The Morgan fingerprint density at radius 3 is 2.58 bits per heavy atom. The summed E-state index contributed by atoms with van der Waals surface area (Å²) in [5.41, 5.74) is 1.87. The largest absolute Gasteiger partial charge is 0.361 e. The molecule has 3 aromatic rings. The number of fused-ring (bicyclic) bond motifs is 1. The molecule has 96 valence electrons. The van der Waals surface area contributed by atoms with Crippen molar-refractivity contribution in [2.45, 2.75) is 0 Å². The second kappa shape index (κ2) is 4.66. The van der Waals surface area contributed by atoms with Crippen LogP contribution in [0, 0.1) is 0 Å². The summed E-state index contributed by atoms with van der Waals surface area (Å²) >= 11 is 3.46. The zero-order chi connectivity index (χ0) is 13.4. The Labute approximate surface area is 119 Å². The van der Waals surface area contributed by atoms with Gasteiger partial charge in [-0.3, -0.25) is 0 Å². The Kier molecular flexibility index (Phi) is 2.98. The Hall–Kier alpha value is -1.88. The van der Waals surface area contributed by atoms with E-state index in [1.165, 1.54) is 0 Å². The van der Waals surface area contributed by atoms with Gasteiger partial charge >= 0.3 is 0 Å². The van der Waals surface area contributed by atoms with Crippen molar-refractivity contribution < 1.29 is 0 Å². The third-order valence-electron chi connectivity index (χ3n) is 2.89. The van der Waals surface area contributed by atoms with Crippen LogP contribution >= 0.6 is 15.9 Å². The van der Waals surface area contributed by atoms with E-state index in [1.54, 1.807) is 6.20 Å². The van der Waals surface area contributed by atoms with Gasteiger partial charge in [0.15, 0.2) is 11.5 Å². The summed E-state index contributed by atoms with van der Waals surface area (Å²) in [6, 6.07) is 12.1. The molecule has 0 atom stereocenters. The predicted molar refractivity (Wildman–Crippen MR) is 80.9 cm³/mol. The third kappa shape index (κ3) is 2.10. The summed E-state index contributed by atoms with van der Waals surface area (Å²) in [6.07, 6.45) is 1.79. The van der Waals surface area contributed by atoms with Gasteiger partial charge in [0.05, 0.1) is 11.1 Å². The standard InChI is InChI=1S/C14H13BrN4/c1-18(2)14-12-8-10(15)9-16-13(12)19(17-14)11-6-4-3-5-7-11/h3-9H,1-2H3. The van der Waals surface area contributed by atoms with Gasteiger partial charge < -0.3 is 4.90 Å². The highest BCUT2D eigenvalue weighted by molar-refractivity contribution is 9.10. The zero-order valence-corrected chi connectivity index (χ0v) is 12.3. The highest BCUT2D eigenvalue weighted by Crippen LogP contribution is 2.28. The first-order chi connectivity index (χ1) is 9.16. The second-order valence-corrected chi connectivity index (χ2v) is 5.41. The van der Waals surface area contributed by atoms with Gasteiger partial charge in [0.2, 0.25) is 0 Å². The van der Waals surface area contributed by atoms with Crippen LogP contribution in [-0.2, 0) is 0 Å². The van der Waals surface area contributed by atoms with Crippen LogP contribution in [0.15, 0.2) is 47.1 Å². The highest BCUT2D eigenvalue weighted by atomic mass is 79.9. The van der Waals surface area contributed by atoms with Crippen LogP contribution in [-0.4, -0.2) is 28.9 Å². The molecule has 0 aliphatic heterocycles. The van der Waals surface area contributed by atoms with Gasteiger partial charge in [-0.1, -0.05) is 18.2 Å². The molecule has 0 N–H and O–H groups in total. The first kappa shape index (κ1) is 12.2. The highest BCUT2D eigenvalue weighted by Gasteiger charge is 2.14. The quantitative estimate of drug-likeness (QED) is 0.727. The Morgan fingerprint density at radius 1 is 1.16 bits per heavy atom. The molecule has 0 fully saturated rings. The molecule has 0 spiro atoms. The second-order valence-electron chi connectivity index (χ2n) is 4.49. The Balaban J connectivity index is 2.32. The van der Waals surface area contributed by atoms with Crippen LogP contribution in [0.3, 0.4) is 0 Å². The number of aromatic nitrogens is 3. The number of para-hydroxylation sites is 1. The van der Waals surface area contributed by atoms with E-state index in [0.717, 1.165) is 27.0 Å². The van der Waals surface area contributed by atoms with Crippen LogP contribution in [0.1, 0.15) is 0 Å². The first-order valence-corrected chi connectivity index (χ1v) is 6.73.